The third-order valence-corrected chi connectivity index (χ3v) is 6.90. The van der Waals surface area contributed by atoms with Crippen LogP contribution in [0.5, 0.6) is 0 Å². The average molecular weight is 525 g/mol. The highest BCUT2D eigenvalue weighted by molar-refractivity contribution is 7.80. The largest absolute Gasteiger partial charge is 0.467 e. The number of nitrogens with zero attached hydrogens (tertiary/aromatic N) is 2. The molecule has 3 aromatic carbocycles. The Morgan fingerprint density at radius 1 is 0.973 bits per heavy atom. The van der Waals surface area contributed by atoms with Crippen molar-refractivity contribution in [2.45, 2.75) is 12.5 Å². The van der Waals surface area contributed by atoms with Crippen molar-refractivity contribution < 1.29 is 4.42 Å². The van der Waals surface area contributed by atoms with Crippen molar-refractivity contribution in [2.24, 2.45) is 5.10 Å². The fourth-order valence-corrected chi connectivity index (χ4v) is 5.10. The lowest BCUT2D eigenvalue weighted by molar-refractivity contribution is 0.318. The molecule has 0 aliphatic carbocycles. The number of halogens is 1. The SMILES string of the molecule is O=c1[nH]c2ccccc2c(-c2ccc(Cl)cc2)c1C1=NN(C(=S)Nc2ccccc2)[C@@H](c2ccco2)C1. The fraction of sp³-hybridized carbons (Fsp3) is 0.0690. The number of furan rings is 1. The van der Waals surface area contributed by atoms with Crippen LogP contribution in [0.15, 0.2) is 112 Å². The van der Waals surface area contributed by atoms with Crippen LogP contribution in [0.1, 0.15) is 23.8 Å². The topological polar surface area (TPSA) is 73.6 Å². The molecule has 5 aromatic rings. The molecular formula is C29H21ClN4O2S. The number of hydrogen-bond acceptors (Lipinski definition) is 4. The van der Waals surface area contributed by atoms with Crippen LogP contribution in [0.4, 0.5) is 5.69 Å². The van der Waals surface area contributed by atoms with Gasteiger partial charge in [0.15, 0.2) is 5.11 Å². The zero-order chi connectivity index (χ0) is 25.4. The average Bonchev–Trinajstić information content (AvgIpc) is 3.59. The monoisotopic (exact) mass is 524 g/mol. The van der Waals surface area contributed by atoms with Crippen LogP contribution in [0.2, 0.25) is 5.02 Å². The van der Waals surface area contributed by atoms with Gasteiger partial charge in [-0.2, -0.15) is 5.10 Å². The molecule has 0 unspecified atom stereocenters. The van der Waals surface area contributed by atoms with E-state index in [-0.39, 0.29) is 11.6 Å². The van der Waals surface area contributed by atoms with E-state index in [1.54, 1.807) is 11.3 Å². The molecule has 1 atom stereocenters. The predicted molar refractivity (Wildman–Crippen MR) is 152 cm³/mol. The van der Waals surface area contributed by atoms with Crippen molar-refractivity contribution in [1.82, 2.24) is 9.99 Å². The molecule has 0 amide bonds. The van der Waals surface area contributed by atoms with Gasteiger partial charge in [-0.05, 0) is 60.2 Å². The molecule has 0 radical (unpaired) electrons. The van der Waals surface area contributed by atoms with Crippen molar-refractivity contribution in [3.05, 3.63) is 124 Å². The predicted octanol–water partition coefficient (Wildman–Crippen LogP) is 6.99. The maximum Gasteiger partial charge on any atom is 0.258 e. The minimum Gasteiger partial charge on any atom is -0.467 e. The summed E-state index contributed by atoms with van der Waals surface area (Å²) in [4.78, 5) is 16.6. The molecule has 0 bridgehead atoms. The first-order valence-electron chi connectivity index (χ1n) is 11.8. The van der Waals surface area contributed by atoms with Crippen LogP contribution in [-0.2, 0) is 0 Å². The highest BCUT2D eigenvalue weighted by atomic mass is 35.5. The number of aromatic amines is 1. The molecule has 0 saturated heterocycles. The van der Waals surface area contributed by atoms with Crippen LogP contribution in [-0.4, -0.2) is 20.8 Å². The van der Waals surface area contributed by atoms with Gasteiger partial charge in [0.2, 0.25) is 0 Å². The van der Waals surface area contributed by atoms with E-state index in [2.05, 4.69) is 10.3 Å². The first-order chi connectivity index (χ1) is 18.1. The highest BCUT2D eigenvalue weighted by Crippen LogP contribution is 2.37. The summed E-state index contributed by atoms with van der Waals surface area (Å²) in [6, 6.07) is 28.3. The van der Waals surface area contributed by atoms with E-state index in [4.69, 9.17) is 33.3 Å². The molecule has 2 aromatic heterocycles. The van der Waals surface area contributed by atoms with Gasteiger partial charge in [0.05, 0.1) is 17.5 Å². The summed E-state index contributed by atoms with van der Waals surface area (Å²) in [5.41, 5.74) is 4.18. The van der Waals surface area contributed by atoms with Crippen LogP contribution < -0.4 is 10.9 Å². The Bertz CT molecular complexity index is 1680. The summed E-state index contributed by atoms with van der Waals surface area (Å²) in [5, 5.41) is 11.8. The zero-order valence-electron chi connectivity index (χ0n) is 19.5. The normalized spacial score (nSPS) is 15.1. The highest BCUT2D eigenvalue weighted by Gasteiger charge is 2.35. The molecule has 1 aliphatic rings. The first-order valence-corrected chi connectivity index (χ1v) is 12.5. The van der Waals surface area contributed by atoms with E-state index < -0.39 is 0 Å². The van der Waals surface area contributed by atoms with Crippen molar-refractivity contribution in [1.29, 1.82) is 0 Å². The third kappa shape index (κ3) is 4.43. The number of para-hydroxylation sites is 2. The number of H-pyrrole nitrogens is 1. The Hall–Kier alpha value is -4.20. The van der Waals surface area contributed by atoms with Gasteiger partial charge in [-0.3, -0.25) is 4.79 Å². The summed E-state index contributed by atoms with van der Waals surface area (Å²) in [6.45, 7) is 0. The van der Waals surface area contributed by atoms with Crippen molar-refractivity contribution in [3.8, 4) is 11.1 Å². The maximum absolute atomic E-state index is 13.6. The van der Waals surface area contributed by atoms with Crippen LogP contribution in [0, 0.1) is 0 Å². The number of hydrazone groups is 1. The van der Waals surface area contributed by atoms with E-state index in [1.807, 2.05) is 91.0 Å². The molecule has 1 aliphatic heterocycles. The van der Waals surface area contributed by atoms with E-state index >= 15 is 0 Å². The zero-order valence-corrected chi connectivity index (χ0v) is 21.1. The molecule has 6 nitrogen and oxygen atoms in total. The van der Waals surface area contributed by atoms with Gasteiger partial charge in [-0.1, -0.05) is 60.1 Å². The van der Waals surface area contributed by atoms with Gasteiger partial charge in [-0.25, -0.2) is 5.01 Å². The molecule has 6 rings (SSSR count). The second-order valence-corrected chi connectivity index (χ2v) is 9.50. The number of rotatable bonds is 4. The van der Waals surface area contributed by atoms with E-state index in [1.165, 1.54) is 0 Å². The lowest BCUT2D eigenvalue weighted by Crippen LogP contribution is -2.30. The van der Waals surface area contributed by atoms with E-state index in [0.717, 1.165) is 27.7 Å². The van der Waals surface area contributed by atoms with Crippen LogP contribution in [0.25, 0.3) is 22.0 Å². The minimum absolute atomic E-state index is 0.218. The Labute approximate surface area is 223 Å². The fourth-order valence-electron chi connectivity index (χ4n) is 4.69. The summed E-state index contributed by atoms with van der Waals surface area (Å²) < 4.78 is 5.76. The van der Waals surface area contributed by atoms with Gasteiger partial charge in [0.1, 0.15) is 11.8 Å². The smallest absolute Gasteiger partial charge is 0.258 e. The third-order valence-electron chi connectivity index (χ3n) is 6.36. The Morgan fingerprint density at radius 3 is 2.49 bits per heavy atom. The number of hydrogen-bond donors (Lipinski definition) is 2. The first kappa shape index (κ1) is 23.2. The molecule has 0 fully saturated rings. The van der Waals surface area contributed by atoms with E-state index in [9.17, 15) is 4.79 Å². The van der Waals surface area contributed by atoms with Gasteiger partial charge in [-0.15, -0.1) is 0 Å². The van der Waals surface area contributed by atoms with Gasteiger partial charge >= 0.3 is 0 Å². The Morgan fingerprint density at radius 2 is 1.73 bits per heavy atom. The summed E-state index contributed by atoms with van der Waals surface area (Å²) >= 11 is 11.9. The van der Waals surface area contributed by atoms with Crippen molar-refractivity contribution in [2.75, 3.05) is 5.32 Å². The number of fused-ring (bicyclic) bond motifs is 1. The Balaban J connectivity index is 1.51. The second-order valence-electron chi connectivity index (χ2n) is 8.68. The number of anilines is 1. The van der Waals surface area contributed by atoms with Gasteiger partial charge < -0.3 is 14.7 Å². The molecule has 0 spiro atoms. The van der Waals surface area contributed by atoms with Gasteiger partial charge in [0, 0.05) is 33.6 Å². The molecular weight excluding hydrogens is 504 g/mol. The van der Waals surface area contributed by atoms with Crippen molar-refractivity contribution >= 4 is 51.2 Å². The number of aromatic nitrogens is 1. The standard InChI is InChI=1S/C29H21ClN4O2S/c30-19-14-12-18(13-15-19)26-21-9-4-5-10-22(21)32-28(35)27(26)23-17-24(25-11-6-16-36-25)34(33-23)29(37)31-20-7-2-1-3-8-20/h1-16,24H,17H2,(H,31,37)(H,32,35)/t24-/m1/s1. The number of pyridine rings is 1. The number of benzene rings is 3. The van der Waals surface area contributed by atoms with E-state index in [0.29, 0.717) is 33.6 Å². The summed E-state index contributed by atoms with van der Waals surface area (Å²) in [6.07, 6.45) is 2.06. The molecule has 8 heteroatoms. The molecule has 2 N–H and O–H groups in total. The van der Waals surface area contributed by atoms with Crippen molar-refractivity contribution in [3.63, 3.8) is 0 Å². The lowest BCUT2D eigenvalue weighted by atomic mass is 9.92. The Kier molecular flexibility index (Phi) is 6.08. The van der Waals surface area contributed by atoms with Gasteiger partial charge in [0.25, 0.3) is 5.56 Å². The van der Waals surface area contributed by atoms with Crippen LogP contribution in [0.3, 0.4) is 0 Å². The minimum atomic E-state index is -0.308. The molecule has 3 heterocycles. The summed E-state index contributed by atoms with van der Waals surface area (Å²) in [5.74, 6) is 0.709. The summed E-state index contributed by atoms with van der Waals surface area (Å²) in [7, 11) is 0. The second kappa shape index (κ2) is 9.69. The lowest BCUT2D eigenvalue weighted by Gasteiger charge is -2.23. The molecule has 0 saturated carbocycles. The molecule has 37 heavy (non-hydrogen) atoms. The number of nitrogens with one attached hydrogen (secondary N) is 2. The molecule has 182 valence electrons. The quantitative estimate of drug-likeness (QED) is 0.248. The van der Waals surface area contributed by atoms with Crippen LogP contribution >= 0.6 is 23.8 Å². The maximum atomic E-state index is 13.6. The number of thiocarbonyl (C=S) groups is 1.